The lowest BCUT2D eigenvalue weighted by Gasteiger charge is -2.11. The van der Waals surface area contributed by atoms with Crippen molar-refractivity contribution < 1.29 is 23.9 Å². The van der Waals surface area contributed by atoms with Gasteiger partial charge in [-0.05, 0) is 31.5 Å². The number of nitrogens with one attached hydrogen (secondary N) is 1. The van der Waals surface area contributed by atoms with E-state index in [0.717, 1.165) is 0 Å². The van der Waals surface area contributed by atoms with Gasteiger partial charge in [-0.25, -0.2) is 4.98 Å². The van der Waals surface area contributed by atoms with Crippen LogP contribution < -0.4 is 14.8 Å². The Hall–Kier alpha value is -2.74. The second-order valence-corrected chi connectivity index (χ2v) is 6.37. The summed E-state index contributed by atoms with van der Waals surface area (Å²) in [4.78, 5) is 38.5. The number of ketones is 2. The molecular weight excluding hydrogens is 356 g/mol. The number of amides is 1. The molecule has 1 amide bonds. The lowest BCUT2D eigenvalue weighted by molar-refractivity contribution is -0.116. The molecule has 0 atom stereocenters. The summed E-state index contributed by atoms with van der Waals surface area (Å²) in [5, 5.41) is 4.67. The Balaban J connectivity index is 1.80. The molecule has 1 aromatic heterocycles. The first-order valence-electron chi connectivity index (χ1n) is 7.98. The Morgan fingerprint density at radius 1 is 1.15 bits per heavy atom. The molecule has 7 nitrogen and oxygen atoms in total. The average Bonchev–Trinajstić information content (AvgIpc) is 3.07. The number of methoxy groups -OCH3 is 1. The van der Waals surface area contributed by atoms with Crippen molar-refractivity contribution in [2.45, 2.75) is 26.7 Å². The SMILES string of the molecule is COc1cc(C(C)=O)ccc1OCCCC(=O)Nc1nc(C(C)=O)cs1. The minimum absolute atomic E-state index is 0.0540. The van der Waals surface area contributed by atoms with Crippen molar-refractivity contribution in [3.63, 3.8) is 0 Å². The van der Waals surface area contributed by atoms with Gasteiger partial charge in [-0.2, -0.15) is 0 Å². The van der Waals surface area contributed by atoms with E-state index in [1.54, 1.807) is 23.6 Å². The van der Waals surface area contributed by atoms with E-state index in [2.05, 4.69) is 10.3 Å². The molecular formula is C18H20N2O5S. The molecule has 0 saturated carbocycles. The highest BCUT2D eigenvalue weighted by Gasteiger charge is 2.11. The van der Waals surface area contributed by atoms with Crippen LogP contribution in [-0.2, 0) is 4.79 Å². The maximum Gasteiger partial charge on any atom is 0.226 e. The van der Waals surface area contributed by atoms with E-state index in [9.17, 15) is 14.4 Å². The van der Waals surface area contributed by atoms with Crippen LogP contribution in [0.3, 0.4) is 0 Å². The van der Waals surface area contributed by atoms with Gasteiger partial charge < -0.3 is 14.8 Å². The third kappa shape index (κ3) is 5.38. The van der Waals surface area contributed by atoms with Crippen LogP contribution in [0.5, 0.6) is 11.5 Å². The Morgan fingerprint density at radius 3 is 2.54 bits per heavy atom. The summed E-state index contributed by atoms with van der Waals surface area (Å²) in [7, 11) is 1.50. The zero-order valence-corrected chi connectivity index (χ0v) is 15.6. The summed E-state index contributed by atoms with van der Waals surface area (Å²) in [6.45, 7) is 3.23. The number of carbonyl (C=O) groups is 3. The first-order chi connectivity index (χ1) is 12.4. The fourth-order valence-electron chi connectivity index (χ4n) is 2.10. The lowest BCUT2D eigenvalue weighted by atomic mass is 10.1. The molecule has 1 heterocycles. The third-order valence-electron chi connectivity index (χ3n) is 3.49. The zero-order valence-electron chi connectivity index (χ0n) is 14.8. The number of rotatable bonds is 9. The number of anilines is 1. The molecule has 1 aromatic carbocycles. The molecule has 8 heteroatoms. The van der Waals surface area contributed by atoms with Crippen LogP contribution in [0.1, 0.15) is 47.5 Å². The van der Waals surface area contributed by atoms with Gasteiger partial charge in [0.25, 0.3) is 0 Å². The molecule has 0 bridgehead atoms. The minimum Gasteiger partial charge on any atom is -0.493 e. The van der Waals surface area contributed by atoms with Crippen molar-refractivity contribution in [2.75, 3.05) is 19.0 Å². The van der Waals surface area contributed by atoms with Gasteiger partial charge in [-0.1, -0.05) is 0 Å². The molecule has 2 rings (SSSR count). The van der Waals surface area contributed by atoms with Crippen LogP contribution in [0.15, 0.2) is 23.6 Å². The molecule has 0 unspecified atom stereocenters. The topological polar surface area (TPSA) is 94.6 Å². The van der Waals surface area contributed by atoms with E-state index in [0.29, 0.717) is 40.9 Å². The number of thiazole rings is 1. The molecule has 0 aliphatic rings. The first-order valence-corrected chi connectivity index (χ1v) is 8.86. The molecule has 0 saturated heterocycles. The van der Waals surface area contributed by atoms with E-state index in [1.807, 2.05) is 0 Å². The van der Waals surface area contributed by atoms with Crippen molar-refractivity contribution in [1.29, 1.82) is 0 Å². The predicted molar refractivity (Wildman–Crippen MR) is 98.5 cm³/mol. The van der Waals surface area contributed by atoms with Crippen molar-refractivity contribution in [3.8, 4) is 11.5 Å². The van der Waals surface area contributed by atoms with Gasteiger partial charge in [-0.15, -0.1) is 11.3 Å². The normalized spacial score (nSPS) is 10.3. The van der Waals surface area contributed by atoms with Crippen LogP contribution in [0.2, 0.25) is 0 Å². The second-order valence-electron chi connectivity index (χ2n) is 5.52. The summed E-state index contributed by atoms with van der Waals surface area (Å²) in [5.74, 6) is 0.601. The largest absolute Gasteiger partial charge is 0.493 e. The van der Waals surface area contributed by atoms with E-state index >= 15 is 0 Å². The number of benzene rings is 1. The Bertz CT molecular complexity index is 816. The molecule has 0 radical (unpaired) electrons. The van der Waals surface area contributed by atoms with Gasteiger partial charge in [0, 0.05) is 24.3 Å². The molecule has 0 aliphatic carbocycles. The van der Waals surface area contributed by atoms with Gasteiger partial charge in [0.05, 0.1) is 13.7 Å². The number of carbonyl (C=O) groups excluding carboxylic acids is 3. The highest BCUT2D eigenvalue weighted by atomic mass is 32.1. The Kier molecular flexibility index (Phi) is 6.85. The first kappa shape index (κ1) is 19.6. The second kappa shape index (κ2) is 9.10. The number of Topliss-reactive ketones (excluding diaryl/α,β-unsaturated/α-hetero) is 2. The molecule has 26 heavy (non-hydrogen) atoms. The number of hydrogen-bond acceptors (Lipinski definition) is 7. The van der Waals surface area contributed by atoms with Crippen LogP contribution in [-0.4, -0.2) is 36.2 Å². The maximum absolute atomic E-state index is 11.9. The van der Waals surface area contributed by atoms with Gasteiger partial charge >= 0.3 is 0 Å². The van der Waals surface area contributed by atoms with Crippen molar-refractivity contribution in [3.05, 3.63) is 34.8 Å². The number of aromatic nitrogens is 1. The fourth-order valence-corrected chi connectivity index (χ4v) is 2.86. The summed E-state index contributed by atoms with van der Waals surface area (Å²) in [5.41, 5.74) is 0.886. The van der Waals surface area contributed by atoms with Crippen LogP contribution in [0.25, 0.3) is 0 Å². The van der Waals surface area contributed by atoms with Crippen molar-refractivity contribution in [2.24, 2.45) is 0 Å². The Morgan fingerprint density at radius 2 is 1.92 bits per heavy atom. The molecule has 0 aliphatic heterocycles. The maximum atomic E-state index is 11.9. The zero-order chi connectivity index (χ0) is 19.1. The van der Waals surface area contributed by atoms with Gasteiger partial charge in [-0.3, -0.25) is 14.4 Å². The molecule has 0 fully saturated rings. The standard InChI is InChI=1S/C18H20N2O5S/c1-11(21)13-6-7-15(16(9-13)24-3)25-8-4-5-17(23)20-18-19-14(10-26-18)12(2)22/h6-7,9-10H,4-5,8H2,1-3H3,(H,19,20,23). The number of hydrogen-bond donors (Lipinski definition) is 1. The van der Waals surface area contributed by atoms with Crippen molar-refractivity contribution in [1.82, 2.24) is 4.98 Å². The minimum atomic E-state index is -0.197. The van der Waals surface area contributed by atoms with Crippen molar-refractivity contribution >= 4 is 33.9 Å². The monoisotopic (exact) mass is 376 g/mol. The lowest BCUT2D eigenvalue weighted by Crippen LogP contribution is -2.13. The summed E-state index contributed by atoms with van der Waals surface area (Å²) in [6, 6.07) is 4.97. The quantitative estimate of drug-likeness (QED) is 0.533. The molecule has 2 aromatic rings. The van der Waals surface area contributed by atoms with E-state index in [4.69, 9.17) is 9.47 Å². The average molecular weight is 376 g/mol. The van der Waals surface area contributed by atoms with E-state index in [-0.39, 0.29) is 23.9 Å². The summed E-state index contributed by atoms with van der Waals surface area (Å²) < 4.78 is 10.8. The smallest absolute Gasteiger partial charge is 0.226 e. The number of nitrogens with zero attached hydrogens (tertiary/aromatic N) is 1. The van der Waals surface area contributed by atoms with Crippen LogP contribution in [0, 0.1) is 0 Å². The fraction of sp³-hybridized carbons (Fsp3) is 0.333. The van der Waals surface area contributed by atoms with E-state index < -0.39 is 0 Å². The summed E-state index contributed by atoms with van der Waals surface area (Å²) >= 11 is 1.21. The van der Waals surface area contributed by atoms with Gasteiger partial charge in [0.15, 0.2) is 28.2 Å². The molecule has 138 valence electrons. The van der Waals surface area contributed by atoms with Gasteiger partial charge in [0.1, 0.15) is 5.69 Å². The van der Waals surface area contributed by atoms with Crippen LogP contribution >= 0.6 is 11.3 Å². The highest BCUT2D eigenvalue weighted by Crippen LogP contribution is 2.28. The van der Waals surface area contributed by atoms with Crippen LogP contribution in [0.4, 0.5) is 5.13 Å². The molecule has 0 spiro atoms. The third-order valence-corrected chi connectivity index (χ3v) is 4.24. The van der Waals surface area contributed by atoms with Gasteiger partial charge in [0.2, 0.25) is 5.91 Å². The number of ether oxygens (including phenoxy) is 2. The Labute approximate surface area is 155 Å². The molecule has 1 N–H and O–H groups in total. The van der Waals surface area contributed by atoms with E-state index in [1.165, 1.54) is 32.3 Å². The summed E-state index contributed by atoms with van der Waals surface area (Å²) in [6.07, 6.45) is 0.747. The predicted octanol–water partition coefficient (Wildman–Crippen LogP) is 3.35. The highest BCUT2D eigenvalue weighted by molar-refractivity contribution is 7.14.